The van der Waals surface area contributed by atoms with Crippen LogP contribution in [0.2, 0.25) is 0 Å². The summed E-state index contributed by atoms with van der Waals surface area (Å²) >= 11 is 1.79. The van der Waals surface area contributed by atoms with Gasteiger partial charge in [0.1, 0.15) is 0 Å². The minimum absolute atomic E-state index is 0.153. The van der Waals surface area contributed by atoms with E-state index in [-0.39, 0.29) is 5.91 Å². The maximum atomic E-state index is 12.0. The molecule has 3 nitrogen and oxygen atoms in total. The number of rotatable bonds is 5. The normalized spacial score (nSPS) is 20.4. The molecule has 19 heavy (non-hydrogen) atoms. The van der Waals surface area contributed by atoms with E-state index >= 15 is 0 Å². The topological polar surface area (TPSA) is 32.3 Å². The van der Waals surface area contributed by atoms with E-state index in [1.807, 2.05) is 0 Å². The predicted octanol–water partition coefficient (Wildman–Crippen LogP) is 2.80. The summed E-state index contributed by atoms with van der Waals surface area (Å²) in [5.74, 6) is 0.153. The monoisotopic (exact) mass is 280 g/mol. The highest BCUT2D eigenvalue weighted by Crippen LogP contribution is 2.17. The van der Waals surface area contributed by atoms with Crippen molar-refractivity contribution in [2.45, 2.75) is 52.1 Å². The number of nitrogens with one attached hydrogen (secondary N) is 1. The molecule has 0 spiro atoms. The smallest absolute Gasteiger partial charge is 0.234 e. The molecule has 1 aromatic heterocycles. The number of likely N-dealkylation sites (tertiary alicyclic amines) is 1. The Kier molecular flexibility index (Phi) is 5.40. The molecule has 2 rings (SSSR count). The van der Waals surface area contributed by atoms with Crippen LogP contribution < -0.4 is 5.32 Å². The fourth-order valence-corrected chi connectivity index (χ4v) is 3.42. The van der Waals surface area contributed by atoms with Crippen LogP contribution in [0.5, 0.6) is 0 Å². The zero-order valence-corrected chi connectivity index (χ0v) is 12.8. The third-order valence-corrected chi connectivity index (χ3v) is 5.04. The van der Waals surface area contributed by atoms with Gasteiger partial charge in [0.15, 0.2) is 0 Å². The first kappa shape index (κ1) is 14.5. The van der Waals surface area contributed by atoms with E-state index in [1.54, 1.807) is 11.3 Å². The number of hydrogen-bond donors (Lipinski definition) is 1. The molecule has 1 aliphatic rings. The Bertz CT molecular complexity index is 416. The number of piperidine rings is 1. The van der Waals surface area contributed by atoms with E-state index < -0.39 is 0 Å². The largest absolute Gasteiger partial charge is 0.350 e. The van der Waals surface area contributed by atoms with Crippen LogP contribution in [0.4, 0.5) is 0 Å². The number of nitrogens with zero attached hydrogens (tertiary/aromatic N) is 1. The second-order valence-electron chi connectivity index (χ2n) is 5.31. The summed E-state index contributed by atoms with van der Waals surface area (Å²) in [6.07, 6.45) is 4.82. The van der Waals surface area contributed by atoms with E-state index in [2.05, 4.69) is 36.2 Å². The summed E-state index contributed by atoms with van der Waals surface area (Å²) in [5.41, 5.74) is 0. The Morgan fingerprint density at radius 2 is 2.21 bits per heavy atom. The zero-order valence-electron chi connectivity index (χ0n) is 11.9. The molecule has 1 unspecified atom stereocenters. The maximum absolute atomic E-state index is 12.0. The maximum Gasteiger partial charge on any atom is 0.234 e. The third-order valence-electron chi connectivity index (χ3n) is 3.81. The summed E-state index contributed by atoms with van der Waals surface area (Å²) in [5, 5.41) is 3.03. The van der Waals surface area contributed by atoms with Crippen LogP contribution in [0.1, 0.15) is 42.9 Å². The highest BCUT2D eigenvalue weighted by Gasteiger charge is 2.20. The lowest BCUT2D eigenvalue weighted by Gasteiger charge is -2.32. The first-order valence-electron chi connectivity index (χ1n) is 7.27. The zero-order chi connectivity index (χ0) is 13.7. The minimum Gasteiger partial charge on any atom is -0.350 e. The van der Waals surface area contributed by atoms with Gasteiger partial charge in [0, 0.05) is 15.8 Å². The van der Waals surface area contributed by atoms with Crippen molar-refractivity contribution in [2.75, 3.05) is 13.1 Å². The van der Waals surface area contributed by atoms with E-state index in [0.717, 1.165) is 13.0 Å². The van der Waals surface area contributed by atoms with Gasteiger partial charge in [-0.1, -0.05) is 13.3 Å². The van der Waals surface area contributed by atoms with Gasteiger partial charge in [-0.05, 0) is 44.9 Å². The Hall–Kier alpha value is -0.870. The van der Waals surface area contributed by atoms with Gasteiger partial charge in [0.2, 0.25) is 5.91 Å². The summed E-state index contributed by atoms with van der Waals surface area (Å²) in [4.78, 5) is 16.9. The Morgan fingerprint density at radius 3 is 2.89 bits per heavy atom. The van der Waals surface area contributed by atoms with Gasteiger partial charge in [-0.15, -0.1) is 11.3 Å². The quantitative estimate of drug-likeness (QED) is 0.899. The summed E-state index contributed by atoms with van der Waals surface area (Å²) < 4.78 is 0. The SMILES string of the molecule is CCc1ccc(CNC(=O)CN2CCCCC2C)s1. The summed E-state index contributed by atoms with van der Waals surface area (Å²) in [6, 6.07) is 4.82. The van der Waals surface area contributed by atoms with Gasteiger partial charge in [-0.3, -0.25) is 9.69 Å². The van der Waals surface area contributed by atoms with Crippen molar-refractivity contribution in [3.63, 3.8) is 0 Å². The molecule has 0 saturated carbocycles. The molecule has 1 amide bonds. The second-order valence-corrected chi connectivity index (χ2v) is 6.57. The molecule has 1 aromatic rings. The molecule has 1 fully saturated rings. The molecule has 0 bridgehead atoms. The highest BCUT2D eigenvalue weighted by molar-refractivity contribution is 7.11. The van der Waals surface area contributed by atoms with Crippen molar-refractivity contribution >= 4 is 17.2 Å². The molecular formula is C15H24N2OS. The number of carbonyl (C=O) groups is 1. The lowest BCUT2D eigenvalue weighted by atomic mass is 10.0. The molecule has 4 heteroatoms. The minimum atomic E-state index is 0.153. The molecule has 0 aromatic carbocycles. The van der Waals surface area contributed by atoms with Gasteiger partial charge < -0.3 is 5.32 Å². The Balaban J connectivity index is 1.74. The summed E-state index contributed by atoms with van der Waals surface area (Å²) in [7, 11) is 0. The highest BCUT2D eigenvalue weighted by atomic mass is 32.1. The molecule has 0 radical (unpaired) electrons. The van der Waals surface area contributed by atoms with Crippen molar-refractivity contribution in [2.24, 2.45) is 0 Å². The molecular weight excluding hydrogens is 256 g/mol. The molecule has 1 N–H and O–H groups in total. The van der Waals surface area contributed by atoms with Crippen LogP contribution in [-0.2, 0) is 17.8 Å². The van der Waals surface area contributed by atoms with Crippen molar-refractivity contribution in [1.29, 1.82) is 0 Å². The predicted molar refractivity (Wildman–Crippen MR) is 80.4 cm³/mol. The van der Waals surface area contributed by atoms with Crippen LogP contribution in [0.15, 0.2) is 12.1 Å². The first-order valence-corrected chi connectivity index (χ1v) is 8.09. The van der Waals surface area contributed by atoms with Crippen LogP contribution in [0, 0.1) is 0 Å². The van der Waals surface area contributed by atoms with Crippen LogP contribution >= 0.6 is 11.3 Å². The van der Waals surface area contributed by atoms with Gasteiger partial charge in [0.05, 0.1) is 13.1 Å². The standard InChI is InChI=1S/C15H24N2OS/c1-3-13-7-8-14(19-13)10-16-15(18)11-17-9-5-4-6-12(17)2/h7-8,12H,3-6,9-11H2,1-2H3,(H,16,18). The number of thiophene rings is 1. The molecule has 0 aliphatic carbocycles. The van der Waals surface area contributed by atoms with Crippen LogP contribution in [0.3, 0.4) is 0 Å². The van der Waals surface area contributed by atoms with Gasteiger partial charge in [0.25, 0.3) is 0 Å². The van der Waals surface area contributed by atoms with Crippen molar-refractivity contribution < 1.29 is 4.79 Å². The summed E-state index contributed by atoms with van der Waals surface area (Å²) in [6.45, 7) is 6.66. The Labute approximate surface area is 120 Å². The average Bonchev–Trinajstić information content (AvgIpc) is 2.87. The van der Waals surface area contributed by atoms with Crippen molar-refractivity contribution in [3.05, 3.63) is 21.9 Å². The number of amides is 1. The van der Waals surface area contributed by atoms with Gasteiger partial charge in [-0.25, -0.2) is 0 Å². The van der Waals surface area contributed by atoms with E-state index in [9.17, 15) is 4.79 Å². The fourth-order valence-electron chi connectivity index (χ4n) is 2.53. The van der Waals surface area contributed by atoms with E-state index in [4.69, 9.17) is 0 Å². The average molecular weight is 280 g/mol. The molecule has 1 aliphatic heterocycles. The van der Waals surface area contributed by atoms with E-state index in [0.29, 0.717) is 19.1 Å². The van der Waals surface area contributed by atoms with Crippen molar-refractivity contribution in [1.82, 2.24) is 10.2 Å². The lowest BCUT2D eigenvalue weighted by molar-refractivity contribution is -0.123. The molecule has 2 heterocycles. The molecule has 1 saturated heterocycles. The third kappa shape index (κ3) is 4.32. The Morgan fingerprint density at radius 1 is 1.42 bits per heavy atom. The van der Waals surface area contributed by atoms with Crippen molar-refractivity contribution in [3.8, 4) is 0 Å². The van der Waals surface area contributed by atoms with E-state index in [1.165, 1.54) is 29.0 Å². The number of aryl methyl sites for hydroxylation is 1. The molecule has 1 atom stereocenters. The van der Waals surface area contributed by atoms with Gasteiger partial charge in [-0.2, -0.15) is 0 Å². The number of carbonyl (C=O) groups excluding carboxylic acids is 1. The lowest BCUT2D eigenvalue weighted by Crippen LogP contribution is -2.44. The molecule has 106 valence electrons. The van der Waals surface area contributed by atoms with Gasteiger partial charge >= 0.3 is 0 Å². The fraction of sp³-hybridized carbons (Fsp3) is 0.667. The number of hydrogen-bond acceptors (Lipinski definition) is 3. The van der Waals surface area contributed by atoms with Crippen LogP contribution in [0.25, 0.3) is 0 Å². The van der Waals surface area contributed by atoms with Crippen LogP contribution in [-0.4, -0.2) is 29.9 Å². The first-order chi connectivity index (χ1) is 9.19. The second kappa shape index (κ2) is 7.06.